The number of likely N-dealkylation sites (tertiary alicyclic amines) is 1. The fourth-order valence-electron chi connectivity index (χ4n) is 3.22. The van der Waals surface area contributed by atoms with Crippen LogP contribution >= 0.6 is 0 Å². The molecule has 140 valence electrons. The van der Waals surface area contributed by atoms with E-state index >= 15 is 0 Å². The van der Waals surface area contributed by atoms with Crippen LogP contribution in [0.4, 0.5) is 0 Å². The number of hydrogen-bond acceptors (Lipinski definition) is 5. The maximum absolute atomic E-state index is 11.2. The lowest BCUT2D eigenvalue weighted by molar-refractivity contribution is -0.122. The molecule has 1 atom stereocenters. The molecule has 1 aliphatic rings. The molecule has 0 radical (unpaired) electrons. The molecule has 26 heavy (non-hydrogen) atoms. The van der Waals surface area contributed by atoms with Gasteiger partial charge in [-0.05, 0) is 55.1 Å². The van der Waals surface area contributed by atoms with E-state index in [4.69, 9.17) is 19.7 Å². The van der Waals surface area contributed by atoms with Crippen LogP contribution < -0.4 is 4.74 Å². The predicted molar refractivity (Wildman–Crippen MR) is 94.3 cm³/mol. The number of aromatic carboxylic acids is 1. The van der Waals surface area contributed by atoms with Gasteiger partial charge >= 0.3 is 5.97 Å². The van der Waals surface area contributed by atoms with Crippen molar-refractivity contribution in [2.24, 2.45) is 5.92 Å². The molecule has 0 amide bonds. The van der Waals surface area contributed by atoms with Crippen molar-refractivity contribution in [2.45, 2.75) is 19.4 Å². The highest BCUT2D eigenvalue weighted by molar-refractivity contribution is 5.88. The van der Waals surface area contributed by atoms with Crippen molar-refractivity contribution in [3.63, 3.8) is 0 Å². The highest BCUT2D eigenvalue weighted by Gasteiger charge is 2.24. The molecule has 2 heterocycles. The fraction of sp³-hybridized carbons (Fsp3) is 0.389. The highest BCUT2D eigenvalue weighted by atomic mass is 16.5. The van der Waals surface area contributed by atoms with Gasteiger partial charge in [0, 0.05) is 25.0 Å². The Morgan fingerprint density at radius 2 is 2.23 bits per heavy atom. The smallest absolute Gasteiger partial charge is 0.335 e. The van der Waals surface area contributed by atoms with Crippen LogP contribution in [0, 0.1) is 5.92 Å². The Balaban J connectivity index is 0.000000758. The maximum Gasteiger partial charge on any atom is 0.335 e. The van der Waals surface area contributed by atoms with Gasteiger partial charge in [-0.15, -0.1) is 0 Å². The van der Waals surface area contributed by atoms with Gasteiger partial charge in [-0.2, -0.15) is 5.10 Å². The molecule has 1 saturated heterocycles. The third-order valence-electron chi connectivity index (χ3n) is 4.36. The Morgan fingerprint density at radius 3 is 2.85 bits per heavy atom. The number of carboxylic acid groups (broad SMARTS) is 2. The van der Waals surface area contributed by atoms with Crippen molar-refractivity contribution in [3.8, 4) is 5.75 Å². The molecule has 1 aliphatic heterocycles. The van der Waals surface area contributed by atoms with Crippen LogP contribution in [0.2, 0.25) is 0 Å². The fourth-order valence-corrected chi connectivity index (χ4v) is 3.22. The van der Waals surface area contributed by atoms with Crippen molar-refractivity contribution in [2.75, 3.05) is 20.2 Å². The van der Waals surface area contributed by atoms with E-state index in [0.717, 1.165) is 49.5 Å². The van der Waals surface area contributed by atoms with Crippen molar-refractivity contribution in [1.29, 1.82) is 0 Å². The van der Waals surface area contributed by atoms with Crippen LogP contribution in [0.15, 0.2) is 30.5 Å². The second kappa shape index (κ2) is 9.57. The maximum atomic E-state index is 11.2. The number of carboxylic acids is 1. The van der Waals surface area contributed by atoms with Gasteiger partial charge in [0.25, 0.3) is 6.47 Å². The lowest BCUT2D eigenvalue weighted by Gasteiger charge is -2.16. The molecule has 0 spiro atoms. The van der Waals surface area contributed by atoms with Gasteiger partial charge in [-0.3, -0.25) is 14.8 Å². The number of benzene rings is 1. The summed E-state index contributed by atoms with van der Waals surface area (Å²) in [6, 6.07) is 7.06. The molecule has 0 aliphatic carbocycles. The molecule has 3 N–H and O–H groups in total. The first-order valence-corrected chi connectivity index (χ1v) is 8.26. The lowest BCUT2D eigenvalue weighted by atomic mass is 9.96. The summed E-state index contributed by atoms with van der Waals surface area (Å²) in [6.45, 7) is 2.67. The van der Waals surface area contributed by atoms with Crippen LogP contribution in [-0.4, -0.2) is 58.0 Å². The first kappa shape index (κ1) is 19.5. The number of aromatic amines is 1. The normalized spacial score (nSPS) is 16.6. The summed E-state index contributed by atoms with van der Waals surface area (Å²) in [5, 5.41) is 23.0. The molecule has 2 aromatic rings. The molecule has 8 nitrogen and oxygen atoms in total. The summed E-state index contributed by atoms with van der Waals surface area (Å²) in [7, 11) is 1.62. The first-order chi connectivity index (χ1) is 12.6. The zero-order chi connectivity index (χ0) is 18.9. The molecular weight excluding hydrogens is 338 g/mol. The van der Waals surface area contributed by atoms with E-state index in [1.807, 2.05) is 6.07 Å². The summed E-state index contributed by atoms with van der Waals surface area (Å²) >= 11 is 0. The minimum Gasteiger partial charge on any atom is -0.496 e. The highest BCUT2D eigenvalue weighted by Crippen LogP contribution is 2.27. The Morgan fingerprint density at radius 1 is 1.46 bits per heavy atom. The summed E-state index contributed by atoms with van der Waals surface area (Å²) in [5.41, 5.74) is 2.41. The Hall–Kier alpha value is -2.87. The number of nitrogens with zero attached hydrogens (tertiary/aromatic N) is 2. The SMILES string of the molecule is COc1ccc(C(=O)O)cc1CC1CCN(Cc2ccn[nH]2)C1.O=CO. The summed E-state index contributed by atoms with van der Waals surface area (Å²) in [5.74, 6) is 0.374. The van der Waals surface area contributed by atoms with Gasteiger partial charge in [0.05, 0.1) is 12.7 Å². The van der Waals surface area contributed by atoms with Crippen molar-refractivity contribution >= 4 is 12.4 Å². The number of H-pyrrole nitrogens is 1. The van der Waals surface area contributed by atoms with Crippen molar-refractivity contribution in [1.82, 2.24) is 15.1 Å². The average molecular weight is 361 g/mol. The van der Waals surface area contributed by atoms with Crippen LogP contribution in [0.25, 0.3) is 0 Å². The van der Waals surface area contributed by atoms with E-state index in [1.165, 1.54) is 0 Å². The van der Waals surface area contributed by atoms with Crippen LogP contribution in [0.1, 0.15) is 28.0 Å². The quantitative estimate of drug-likeness (QED) is 0.673. The predicted octanol–water partition coefficient (Wildman–Crippen LogP) is 1.88. The summed E-state index contributed by atoms with van der Waals surface area (Å²) < 4.78 is 5.38. The second-order valence-electron chi connectivity index (χ2n) is 6.11. The van der Waals surface area contributed by atoms with E-state index in [0.29, 0.717) is 11.5 Å². The average Bonchev–Trinajstić information content (AvgIpc) is 3.28. The minimum absolute atomic E-state index is 0.250. The molecule has 1 unspecified atom stereocenters. The Bertz CT molecular complexity index is 718. The van der Waals surface area contributed by atoms with Crippen LogP contribution in [-0.2, 0) is 17.8 Å². The number of nitrogens with one attached hydrogen (secondary N) is 1. The van der Waals surface area contributed by atoms with Crippen LogP contribution in [0.3, 0.4) is 0 Å². The van der Waals surface area contributed by atoms with Gasteiger partial charge in [0.2, 0.25) is 0 Å². The molecule has 1 fully saturated rings. The molecule has 3 rings (SSSR count). The van der Waals surface area contributed by atoms with Gasteiger partial charge in [-0.25, -0.2) is 4.79 Å². The monoisotopic (exact) mass is 361 g/mol. The number of aromatic nitrogens is 2. The van der Waals surface area contributed by atoms with E-state index in [9.17, 15) is 4.79 Å². The number of methoxy groups -OCH3 is 1. The number of carbonyl (C=O) groups is 2. The first-order valence-electron chi connectivity index (χ1n) is 8.26. The summed E-state index contributed by atoms with van der Waals surface area (Å²) in [6.07, 6.45) is 3.71. The van der Waals surface area contributed by atoms with Gasteiger partial charge in [0.1, 0.15) is 5.75 Å². The lowest BCUT2D eigenvalue weighted by Crippen LogP contribution is -2.21. The Labute approximate surface area is 151 Å². The second-order valence-corrected chi connectivity index (χ2v) is 6.11. The van der Waals surface area contributed by atoms with E-state index in [2.05, 4.69) is 15.1 Å². The molecule has 0 saturated carbocycles. The Kier molecular flexibility index (Phi) is 7.16. The summed E-state index contributed by atoms with van der Waals surface area (Å²) in [4.78, 5) is 21.9. The molecule has 1 aromatic carbocycles. The molecule has 8 heteroatoms. The van der Waals surface area contributed by atoms with Crippen molar-refractivity contribution < 1.29 is 24.5 Å². The zero-order valence-electron chi connectivity index (χ0n) is 14.6. The zero-order valence-corrected chi connectivity index (χ0v) is 14.6. The third kappa shape index (κ3) is 5.32. The van der Waals surface area contributed by atoms with E-state index in [-0.39, 0.29) is 6.47 Å². The van der Waals surface area contributed by atoms with Gasteiger partial charge in [0.15, 0.2) is 0 Å². The van der Waals surface area contributed by atoms with Crippen molar-refractivity contribution in [3.05, 3.63) is 47.3 Å². The van der Waals surface area contributed by atoms with Gasteiger partial charge < -0.3 is 14.9 Å². The standard InChI is InChI=1S/C17H21N3O3.CH2O2/c1-23-16-3-2-13(17(21)22)9-14(16)8-12-5-7-20(10-12)11-15-4-6-18-19-15;2-1-3/h2-4,6,9,12H,5,7-8,10-11H2,1H3,(H,18,19)(H,21,22);1H,(H,2,3). The number of rotatable bonds is 6. The largest absolute Gasteiger partial charge is 0.496 e. The molecule has 1 aromatic heterocycles. The van der Waals surface area contributed by atoms with Crippen LogP contribution in [0.5, 0.6) is 5.75 Å². The number of ether oxygens (including phenoxy) is 1. The minimum atomic E-state index is -0.902. The molecular formula is C18H23N3O5. The topological polar surface area (TPSA) is 116 Å². The van der Waals surface area contributed by atoms with E-state index < -0.39 is 5.97 Å². The molecule has 0 bridgehead atoms. The third-order valence-corrected chi connectivity index (χ3v) is 4.36. The van der Waals surface area contributed by atoms with E-state index in [1.54, 1.807) is 31.5 Å². The number of hydrogen-bond donors (Lipinski definition) is 3. The van der Waals surface area contributed by atoms with Gasteiger partial charge in [-0.1, -0.05) is 0 Å².